The highest BCUT2D eigenvalue weighted by Crippen LogP contribution is 2.31. The number of allylic oxidation sites excluding steroid dienone is 6. The molecule has 0 amide bonds. The standard InChI is InChI=1S/C25H36N2.C7H8O.C3H6O2/c1-7-12-20(5)24-17-21(23-16-11-10-15-19(23)4)18-25(27(24)6)26-22(13-8-2)14-9-3;1-6-2-4-7(8)5-3-6;1-2-5-3-4/h7,10-12,15-18,22,26H,8-9,13-14H2,1-6H3;2-5,8H,1H3;3H,2H2,1H3/b12-7+,24-20-;;. The number of carbonyl (C=O) groups excluding carboxylic acids is 1. The number of phenols is 1. The van der Waals surface area contributed by atoms with Crippen molar-refractivity contribution < 1.29 is 14.6 Å². The Labute approximate surface area is 243 Å². The largest absolute Gasteiger partial charge is 0.508 e. The summed E-state index contributed by atoms with van der Waals surface area (Å²) in [4.78, 5) is 11.5. The minimum Gasteiger partial charge on any atom is -0.508 e. The first-order chi connectivity index (χ1) is 19.2. The Bertz CT molecular complexity index is 1120. The zero-order valence-corrected chi connectivity index (χ0v) is 25.8. The molecule has 0 atom stereocenters. The highest BCUT2D eigenvalue weighted by Gasteiger charge is 2.20. The van der Waals surface area contributed by atoms with Crippen molar-refractivity contribution in [3.8, 4) is 5.75 Å². The number of aryl methyl sites for hydroxylation is 2. The fourth-order valence-electron chi connectivity index (χ4n) is 4.37. The van der Waals surface area contributed by atoms with Gasteiger partial charge in [-0.3, -0.25) is 4.79 Å². The van der Waals surface area contributed by atoms with Gasteiger partial charge < -0.3 is 20.1 Å². The summed E-state index contributed by atoms with van der Waals surface area (Å²) >= 11 is 0. The predicted octanol–water partition coefficient (Wildman–Crippen LogP) is 8.45. The molecule has 1 aliphatic heterocycles. The lowest BCUT2D eigenvalue weighted by Gasteiger charge is -2.33. The van der Waals surface area contributed by atoms with E-state index >= 15 is 0 Å². The summed E-state index contributed by atoms with van der Waals surface area (Å²) in [5, 5.41) is 12.6. The van der Waals surface area contributed by atoms with Crippen LogP contribution in [0.2, 0.25) is 0 Å². The van der Waals surface area contributed by atoms with Crippen LogP contribution >= 0.6 is 0 Å². The average Bonchev–Trinajstić information content (AvgIpc) is 2.93. The van der Waals surface area contributed by atoms with Crippen LogP contribution in [0.1, 0.15) is 77.0 Å². The van der Waals surface area contributed by atoms with Gasteiger partial charge in [0.2, 0.25) is 0 Å². The molecule has 0 fully saturated rings. The summed E-state index contributed by atoms with van der Waals surface area (Å²) in [6.45, 7) is 15.6. The third-order valence-corrected chi connectivity index (χ3v) is 6.48. The summed E-state index contributed by atoms with van der Waals surface area (Å²) in [5.74, 6) is 1.53. The Morgan fingerprint density at radius 1 is 1.00 bits per heavy atom. The number of aromatic hydroxyl groups is 1. The minimum atomic E-state index is 0.329. The van der Waals surface area contributed by atoms with E-state index < -0.39 is 0 Å². The number of nitrogens with one attached hydrogen (secondary N) is 1. The van der Waals surface area contributed by atoms with Gasteiger partial charge in [0.05, 0.1) is 6.61 Å². The average molecular weight is 547 g/mol. The van der Waals surface area contributed by atoms with E-state index in [-0.39, 0.29) is 0 Å². The van der Waals surface area contributed by atoms with E-state index in [4.69, 9.17) is 5.11 Å². The van der Waals surface area contributed by atoms with Gasteiger partial charge in [-0.25, -0.2) is 0 Å². The summed E-state index contributed by atoms with van der Waals surface area (Å²) in [5.41, 5.74) is 7.59. The maximum atomic E-state index is 9.18. The molecule has 0 saturated carbocycles. The molecule has 0 unspecified atom stereocenters. The van der Waals surface area contributed by atoms with Crippen molar-refractivity contribution in [2.45, 2.75) is 80.2 Å². The van der Waals surface area contributed by atoms with E-state index in [1.54, 1.807) is 19.1 Å². The van der Waals surface area contributed by atoms with Crippen molar-refractivity contribution in [3.05, 3.63) is 107 Å². The quantitative estimate of drug-likeness (QED) is 0.293. The second-order valence-corrected chi connectivity index (χ2v) is 9.88. The van der Waals surface area contributed by atoms with E-state index in [0.29, 0.717) is 24.9 Å². The van der Waals surface area contributed by atoms with Gasteiger partial charge in [0, 0.05) is 18.8 Å². The number of hydrogen-bond acceptors (Lipinski definition) is 5. The second kappa shape index (κ2) is 19.3. The molecular formula is C35H50N2O3. The third kappa shape index (κ3) is 12.0. The fraction of sp³-hybridized carbons (Fsp3) is 0.400. The van der Waals surface area contributed by atoms with Gasteiger partial charge in [-0.1, -0.05) is 80.8 Å². The van der Waals surface area contributed by atoms with Gasteiger partial charge in [-0.15, -0.1) is 0 Å². The van der Waals surface area contributed by atoms with Gasteiger partial charge in [-0.2, -0.15) is 0 Å². The molecule has 3 rings (SSSR count). The zero-order valence-electron chi connectivity index (χ0n) is 25.8. The number of benzene rings is 2. The molecule has 1 heterocycles. The Morgan fingerprint density at radius 2 is 1.62 bits per heavy atom. The molecule has 5 nitrogen and oxygen atoms in total. The van der Waals surface area contributed by atoms with Crippen molar-refractivity contribution in [1.82, 2.24) is 10.2 Å². The molecule has 0 radical (unpaired) electrons. The topological polar surface area (TPSA) is 61.8 Å². The van der Waals surface area contributed by atoms with Crippen molar-refractivity contribution in [2.75, 3.05) is 13.7 Å². The summed E-state index contributed by atoms with van der Waals surface area (Å²) < 4.78 is 4.15. The Morgan fingerprint density at radius 3 is 2.10 bits per heavy atom. The molecule has 2 aromatic rings. The van der Waals surface area contributed by atoms with Crippen molar-refractivity contribution >= 4 is 12.0 Å². The first-order valence-corrected chi connectivity index (χ1v) is 14.4. The molecule has 218 valence electrons. The Balaban J connectivity index is 0.000000504. The van der Waals surface area contributed by atoms with E-state index in [1.807, 2.05) is 19.1 Å². The van der Waals surface area contributed by atoms with Crippen LogP contribution in [0, 0.1) is 13.8 Å². The molecule has 0 aliphatic carbocycles. The Kier molecular flexibility index (Phi) is 16.6. The highest BCUT2D eigenvalue weighted by atomic mass is 16.5. The van der Waals surface area contributed by atoms with Crippen LogP contribution in [0.4, 0.5) is 0 Å². The summed E-state index contributed by atoms with van der Waals surface area (Å²) in [7, 11) is 2.17. The zero-order chi connectivity index (χ0) is 29.9. The molecule has 2 N–H and O–H groups in total. The third-order valence-electron chi connectivity index (χ3n) is 6.48. The first-order valence-electron chi connectivity index (χ1n) is 14.4. The SMILES string of the molecule is C/C=C/C(C)=C1/C=C(c2ccccc2C)C=C(NC(CCC)CCC)N1C.CCOC=O.Cc1ccc(O)cc1. The van der Waals surface area contributed by atoms with Gasteiger partial charge in [0.15, 0.2) is 0 Å². The second-order valence-electron chi connectivity index (χ2n) is 9.88. The summed E-state index contributed by atoms with van der Waals surface area (Å²) in [6, 6.07) is 16.3. The molecule has 1 aliphatic rings. The molecule has 0 saturated heterocycles. The van der Waals surface area contributed by atoms with Crippen molar-refractivity contribution in [3.63, 3.8) is 0 Å². The Hall–Kier alpha value is -3.73. The van der Waals surface area contributed by atoms with Crippen LogP contribution in [0.15, 0.2) is 89.9 Å². The molecule has 40 heavy (non-hydrogen) atoms. The fourth-order valence-corrected chi connectivity index (χ4v) is 4.37. The highest BCUT2D eigenvalue weighted by molar-refractivity contribution is 5.80. The maximum absolute atomic E-state index is 9.18. The first kappa shape index (κ1) is 34.3. The van der Waals surface area contributed by atoms with E-state index in [9.17, 15) is 4.79 Å². The van der Waals surface area contributed by atoms with Gasteiger partial charge in [-0.05, 0) is 94.0 Å². The number of hydrogen-bond donors (Lipinski definition) is 2. The number of carbonyl (C=O) groups is 1. The predicted molar refractivity (Wildman–Crippen MR) is 170 cm³/mol. The van der Waals surface area contributed by atoms with Gasteiger partial charge >= 0.3 is 0 Å². The van der Waals surface area contributed by atoms with Crippen LogP contribution in [0.5, 0.6) is 5.75 Å². The van der Waals surface area contributed by atoms with Crippen LogP contribution in [-0.4, -0.2) is 36.2 Å². The normalized spacial score (nSPS) is 13.9. The molecule has 0 bridgehead atoms. The van der Waals surface area contributed by atoms with Crippen LogP contribution in [0.3, 0.4) is 0 Å². The number of likely N-dealkylation sites (N-methyl/N-ethyl adjacent to an activating group) is 1. The number of ether oxygens (including phenoxy) is 1. The van der Waals surface area contributed by atoms with E-state index in [0.717, 1.165) is 0 Å². The molecular weight excluding hydrogens is 496 g/mol. The van der Waals surface area contributed by atoms with Crippen molar-refractivity contribution in [2.24, 2.45) is 0 Å². The summed E-state index contributed by atoms with van der Waals surface area (Å²) in [6.07, 6.45) is 13.7. The monoisotopic (exact) mass is 546 g/mol. The number of nitrogens with zero attached hydrogens (tertiary/aromatic N) is 1. The number of phenolic OH excluding ortho intramolecular Hbond substituents is 1. The number of rotatable bonds is 10. The molecule has 0 spiro atoms. The van der Waals surface area contributed by atoms with E-state index in [1.165, 1.54) is 65.0 Å². The minimum absolute atomic E-state index is 0.329. The van der Waals surface area contributed by atoms with Crippen LogP contribution in [-0.2, 0) is 9.53 Å². The molecule has 0 aromatic heterocycles. The lowest BCUT2D eigenvalue weighted by atomic mass is 9.96. The lowest BCUT2D eigenvalue weighted by molar-refractivity contribution is -0.128. The molecule has 2 aromatic carbocycles. The van der Waals surface area contributed by atoms with Gasteiger partial charge in [0.1, 0.15) is 11.6 Å². The molecule has 5 heteroatoms. The smallest absolute Gasteiger partial charge is 0.293 e. The maximum Gasteiger partial charge on any atom is 0.293 e. The van der Waals surface area contributed by atoms with E-state index in [2.05, 4.69) is 105 Å². The van der Waals surface area contributed by atoms with Gasteiger partial charge in [0.25, 0.3) is 6.47 Å². The van der Waals surface area contributed by atoms with Crippen molar-refractivity contribution in [1.29, 1.82) is 0 Å². The van der Waals surface area contributed by atoms with Crippen LogP contribution in [0.25, 0.3) is 5.57 Å². The lowest BCUT2D eigenvalue weighted by Crippen LogP contribution is -2.37. The van der Waals surface area contributed by atoms with Crippen LogP contribution < -0.4 is 5.32 Å².